The second-order valence-corrected chi connectivity index (χ2v) is 7.44. The molecule has 0 amide bonds. The third-order valence-corrected chi connectivity index (χ3v) is 5.40. The van der Waals surface area contributed by atoms with E-state index in [-0.39, 0.29) is 29.8 Å². The molecule has 0 unspecified atom stereocenters. The first kappa shape index (κ1) is 24.3. The van der Waals surface area contributed by atoms with Gasteiger partial charge in [0.25, 0.3) is 0 Å². The van der Waals surface area contributed by atoms with Crippen molar-refractivity contribution in [3.05, 3.63) is 54.0 Å². The van der Waals surface area contributed by atoms with Crippen molar-refractivity contribution in [3.8, 4) is 11.6 Å². The van der Waals surface area contributed by atoms with Crippen LogP contribution in [0.2, 0.25) is 0 Å². The number of nitrogens with one attached hydrogen (secondary N) is 2. The summed E-state index contributed by atoms with van der Waals surface area (Å²) in [6.07, 6.45) is 6.59. The molecule has 0 spiro atoms. The molecule has 0 aliphatic heterocycles. The Bertz CT molecular complexity index is 796. The highest BCUT2D eigenvalue weighted by Crippen LogP contribution is 2.43. The van der Waals surface area contributed by atoms with Crippen LogP contribution in [0.25, 0.3) is 0 Å². The highest BCUT2D eigenvalue weighted by Gasteiger charge is 2.36. The summed E-state index contributed by atoms with van der Waals surface area (Å²) >= 11 is 0. The smallest absolute Gasteiger partial charge is 0.219 e. The zero-order chi connectivity index (χ0) is 20.5. The standard InChI is InChI=1S/C22H29FN4O2.HI/c1-24-21(27-16-22(10-3-11-22)12-13-28-2)26-15-17-4-9-20(25-14-17)29-19-7-5-18(23)6-8-19;/h4-9,14H,3,10-13,15-16H2,1-2H3,(H2,24,26,27);1H. The maximum atomic E-state index is 13.0. The minimum Gasteiger partial charge on any atom is -0.439 e. The van der Waals surface area contributed by atoms with E-state index in [1.54, 1.807) is 38.6 Å². The second-order valence-electron chi connectivity index (χ2n) is 7.44. The van der Waals surface area contributed by atoms with Crippen LogP contribution in [0.1, 0.15) is 31.2 Å². The SMILES string of the molecule is CN=C(NCc1ccc(Oc2ccc(F)cc2)nc1)NCC1(CCOC)CCC1.I. The molecule has 1 aromatic heterocycles. The molecule has 2 aromatic rings. The first-order chi connectivity index (χ1) is 14.1. The lowest BCUT2D eigenvalue weighted by Crippen LogP contribution is -2.46. The second kappa shape index (κ2) is 12.0. The van der Waals surface area contributed by atoms with Crippen LogP contribution in [0.3, 0.4) is 0 Å². The normalized spacial score (nSPS) is 15.0. The molecule has 0 atom stereocenters. The number of nitrogens with zero attached hydrogens (tertiary/aromatic N) is 2. The van der Waals surface area contributed by atoms with Crippen molar-refractivity contribution < 1.29 is 13.9 Å². The van der Waals surface area contributed by atoms with Gasteiger partial charge in [-0.2, -0.15) is 0 Å². The van der Waals surface area contributed by atoms with Crippen LogP contribution < -0.4 is 15.4 Å². The van der Waals surface area contributed by atoms with Gasteiger partial charge in [-0.05, 0) is 54.5 Å². The first-order valence-electron chi connectivity index (χ1n) is 9.94. The Morgan fingerprint density at radius 2 is 1.93 bits per heavy atom. The summed E-state index contributed by atoms with van der Waals surface area (Å²) in [4.78, 5) is 8.62. The van der Waals surface area contributed by atoms with Gasteiger partial charge in [-0.25, -0.2) is 9.37 Å². The number of pyridine rings is 1. The van der Waals surface area contributed by atoms with Crippen molar-refractivity contribution in [2.45, 2.75) is 32.2 Å². The van der Waals surface area contributed by atoms with Gasteiger partial charge in [-0.1, -0.05) is 12.5 Å². The van der Waals surface area contributed by atoms with E-state index in [1.807, 2.05) is 6.07 Å². The molecule has 30 heavy (non-hydrogen) atoms. The van der Waals surface area contributed by atoms with Crippen LogP contribution in [-0.2, 0) is 11.3 Å². The fraction of sp³-hybridized carbons (Fsp3) is 0.455. The van der Waals surface area contributed by atoms with Crippen molar-refractivity contribution in [2.24, 2.45) is 10.4 Å². The molecule has 0 bridgehead atoms. The van der Waals surface area contributed by atoms with E-state index in [2.05, 4.69) is 20.6 Å². The molecule has 8 heteroatoms. The number of benzene rings is 1. The topological polar surface area (TPSA) is 67.8 Å². The number of halogens is 2. The molecule has 2 N–H and O–H groups in total. The number of methoxy groups -OCH3 is 1. The zero-order valence-electron chi connectivity index (χ0n) is 17.5. The van der Waals surface area contributed by atoms with E-state index < -0.39 is 0 Å². The first-order valence-corrected chi connectivity index (χ1v) is 9.94. The van der Waals surface area contributed by atoms with Gasteiger partial charge in [0.05, 0.1) is 0 Å². The van der Waals surface area contributed by atoms with Crippen molar-refractivity contribution in [3.63, 3.8) is 0 Å². The quantitative estimate of drug-likeness (QED) is 0.285. The number of aliphatic imine (C=N–C) groups is 1. The van der Waals surface area contributed by atoms with Gasteiger partial charge in [0.15, 0.2) is 5.96 Å². The van der Waals surface area contributed by atoms with Crippen molar-refractivity contribution >= 4 is 29.9 Å². The third-order valence-electron chi connectivity index (χ3n) is 5.40. The van der Waals surface area contributed by atoms with Crippen molar-refractivity contribution in [2.75, 3.05) is 27.3 Å². The van der Waals surface area contributed by atoms with E-state index >= 15 is 0 Å². The lowest BCUT2D eigenvalue weighted by atomic mass is 9.67. The maximum Gasteiger partial charge on any atom is 0.219 e. The summed E-state index contributed by atoms with van der Waals surface area (Å²) in [5, 5.41) is 6.77. The van der Waals surface area contributed by atoms with Crippen LogP contribution >= 0.6 is 24.0 Å². The van der Waals surface area contributed by atoms with Gasteiger partial charge in [-0.15, -0.1) is 24.0 Å². The summed E-state index contributed by atoms with van der Waals surface area (Å²) in [5.74, 6) is 1.50. The Kier molecular flexibility index (Phi) is 9.77. The Labute approximate surface area is 194 Å². The summed E-state index contributed by atoms with van der Waals surface area (Å²) < 4.78 is 23.8. The van der Waals surface area contributed by atoms with Crippen LogP contribution in [0.5, 0.6) is 11.6 Å². The predicted octanol–water partition coefficient (Wildman–Crippen LogP) is 4.50. The van der Waals surface area contributed by atoms with E-state index in [0.717, 1.165) is 31.1 Å². The molecule has 0 saturated heterocycles. The molecule has 0 radical (unpaired) electrons. The number of ether oxygens (including phenoxy) is 2. The lowest BCUT2D eigenvalue weighted by Gasteiger charge is -2.42. The zero-order valence-corrected chi connectivity index (χ0v) is 19.8. The number of hydrogen-bond acceptors (Lipinski definition) is 4. The predicted molar refractivity (Wildman–Crippen MR) is 127 cm³/mol. The van der Waals surface area contributed by atoms with E-state index in [1.165, 1.54) is 31.4 Å². The van der Waals surface area contributed by atoms with Gasteiger partial charge in [-0.3, -0.25) is 4.99 Å². The molecule has 1 saturated carbocycles. The van der Waals surface area contributed by atoms with Crippen LogP contribution in [0.15, 0.2) is 47.6 Å². The van der Waals surface area contributed by atoms with Gasteiger partial charge in [0.2, 0.25) is 5.88 Å². The molecule has 1 fully saturated rings. The summed E-state index contributed by atoms with van der Waals surface area (Å²) in [6.45, 7) is 2.30. The average Bonchev–Trinajstić information content (AvgIpc) is 2.72. The van der Waals surface area contributed by atoms with Crippen LogP contribution in [0, 0.1) is 11.2 Å². The number of hydrogen-bond donors (Lipinski definition) is 2. The summed E-state index contributed by atoms with van der Waals surface area (Å²) in [5.41, 5.74) is 1.34. The Hall–Kier alpha value is -1.94. The van der Waals surface area contributed by atoms with Gasteiger partial charge in [0.1, 0.15) is 11.6 Å². The molecule has 6 nitrogen and oxygen atoms in total. The highest BCUT2D eigenvalue weighted by molar-refractivity contribution is 14.0. The van der Waals surface area contributed by atoms with Gasteiger partial charge in [0, 0.05) is 46.1 Å². The molecule has 164 valence electrons. The minimum atomic E-state index is -0.296. The molecular weight excluding hydrogens is 498 g/mol. The van der Waals surface area contributed by atoms with Crippen LogP contribution in [0.4, 0.5) is 4.39 Å². The number of rotatable bonds is 9. The Balaban J connectivity index is 0.00000320. The third kappa shape index (κ3) is 7.09. The number of aromatic nitrogens is 1. The fourth-order valence-electron chi connectivity index (χ4n) is 3.39. The largest absolute Gasteiger partial charge is 0.439 e. The Morgan fingerprint density at radius 3 is 2.50 bits per heavy atom. The van der Waals surface area contributed by atoms with Gasteiger partial charge < -0.3 is 20.1 Å². The summed E-state index contributed by atoms with van der Waals surface area (Å²) in [6, 6.07) is 9.60. The van der Waals surface area contributed by atoms with E-state index in [9.17, 15) is 4.39 Å². The lowest BCUT2D eigenvalue weighted by molar-refractivity contribution is 0.0732. The van der Waals surface area contributed by atoms with Crippen molar-refractivity contribution in [1.29, 1.82) is 0 Å². The molecule has 1 aliphatic rings. The molecule has 1 aliphatic carbocycles. The summed E-state index contributed by atoms with van der Waals surface area (Å²) in [7, 11) is 3.53. The van der Waals surface area contributed by atoms with Crippen molar-refractivity contribution in [1.82, 2.24) is 15.6 Å². The molecule has 1 aromatic carbocycles. The average molecular weight is 528 g/mol. The number of guanidine groups is 1. The molecule has 1 heterocycles. The minimum absolute atomic E-state index is 0. The maximum absolute atomic E-state index is 13.0. The highest BCUT2D eigenvalue weighted by atomic mass is 127. The van der Waals surface area contributed by atoms with E-state index in [4.69, 9.17) is 9.47 Å². The van der Waals surface area contributed by atoms with Gasteiger partial charge >= 0.3 is 0 Å². The Morgan fingerprint density at radius 1 is 1.17 bits per heavy atom. The van der Waals surface area contributed by atoms with Crippen LogP contribution in [-0.4, -0.2) is 38.3 Å². The molecular formula is C22H30FIN4O2. The van der Waals surface area contributed by atoms with E-state index in [0.29, 0.717) is 23.6 Å². The monoisotopic (exact) mass is 528 g/mol. The fourth-order valence-corrected chi connectivity index (χ4v) is 3.39. The molecule has 3 rings (SSSR count).